The molecule has 1 aliphatic carbocycles. The van der Waals surface area contributed by atoms with E-state index in [9.17, 15) is 15.0 Å². The molecular formula is C14H25NO4. The number of nitrogens with zero attached hydrogens (tertiary/aromatic N) is 1. The van der Waals surface area contributed by atoms with Crippen LogP contribution >= 0.6 is 0 Å². The first kappa shape index (κ1) is 14.8. The van der Waals surface area contributed by atoms with Gasteiger partial charge >= 0.3 is 5.97 Å². The first-order chi connectivity index (χ1) is 8.99. The zero-order chi connectivity index (χ0) is 14.0. The summed E-state index contributed by atoms with van der Waals surface area (Å²) in [5, 5.41) is 19.4. The second-order valence-corrected chi connectivity index (χ2v) is 6.13. The Morgan fingerprint density at radius 1 is 1.42 bits per heavy atom. The minimum Gasteiger partial charge on any atom is -0.480 e. The van der Waals surface area contributed by atoms with Crippen LogP contribution in [0, 0.1) is 11.8 Å². The van der Waals surface area contributed by atoms with Gasteiger partial charge in [0.05, 0.1) is 18.8 Å². The third-order valence-corrected chi connectivity index (χ3v) is 4.31. The summed E-state index contributed by atoms with van der Waals surface area (Å²) < 4.78 is 5.38. The maximum Gasteiger partial charge on any atom is 0.321 e. The lowest BCUT2D eigenvalue weighted by Crippen LogP contribution is -2.44. The van der Waals surface area contributed by atoms with Gasteiger partial charge in [0.15, 0.2) is 0 Å². The highest BCUT2D eigenvalue weighted by molar-refractivity contribution is 5.74. The van der Waals surface area contributed by atoms with Gasteiger partial charge in [-0.15, -0.1) is 0 Å². The van der Waals surface area contributed by atoms with Gasteiger partial charge in [-0.3, -0.25) is 9.69 Å². The molecule has 0 bridgehead atoms. The summed E-state index contributed by atoms with van der Waals surface area (Å²) in [5.74, 6) is 0.0291. The molecule has 0 spiro atoms. The van der Waals surface area contributed by atoms with Gasteiger partial charge in [0.2, 0.25) is 0 Å². The zero-order valence-electron chi connectivity index (χ0n) is 11.8. The number of hydrogen-bond acceptors (Lipinski definition) is 4. The lowest BCUT2D eigenvalue weighted by atomic mass is 9.94. The summed E-state index contributed by atoms with van der Waals surface area (Å²) in [6, 6.07) is -0.416. The molecule has 5 heteroatoms. The Morgan fingerprint density at radius 3 is 2.79 bits per heavy atom. The van der Waals surface area contributed by atoms with Gasteiger partial charge < -0.3 is 14.9 Å². The summed E-state index contributed by atoms with van der Waals surface area (Å²) >= 11 is 0. The van der Waals surface area contributed by atoms with Gasteiger partial charge in [0.25, 0.3) is 0 Å². The number of β-amino-alcohol motifs (C(OH)–C–C–N with tert-alkyl or cyclic N) is 1. The first-order valence-corrected chi connectivity index (χ1v) is 7.25. The number of carboxylic acids is 1. The summed E-state index contributed by atoms with van der Waals surface area (Å²) in [7, 11) is 0. The van der Waals surface area contributed by atoms with Crippen molar-refractivity contribution in [3.8, 4) is 0 Å². The lowest BCUT2D eigenvalue weighted by molar-refractivity contribution is -0.144. The Kier molecular flexibility index (Phi) is 4.81. The average molecular weight is 271 g/mol. The monoisotopic (exact) mass is 271 g/mol. The fraction of sp³-hybridized carbons (Fsp3) is 0.929. The van der Waals surface area contributed by atoms with Crippen molar-refractivity contribution in [3.05, 3.63) is 0 Å². The standard InChI is InChI=1S/C14H25NO4/c1-9(2)19-8-11(16)7-15-6-10-4-3-5-12(10)13(15)14(17)18/h9-13,16H,3-8H2,1-2H3,(H,17,18). The molecule has 0 aromatic carbocycles. The van der Waals surface area contributed by atoms with Crippen molar-refractivity contribution in [3.63, 3.8) is 0 Å². The Morgan fingerprint density at radius 2 is 2.16 bits per heavy atom. The van der Waals surface area contributed by atoms with Crippen molar-refractivity contribution in [2.45, 2.75) is 51.4 Å². The quantitative estimate of drug-likeness (QED) is 0.753. The van der Waals surface area contributed by atoms with Gasteiger partial charge in [-0.1, -0.05) is 6.42 Å². The molecule has 2 fully saturated rings. The van der Waals surface area contributed by atoms with Crippen molar-refractivity contribution < 1.29 is 19.7 Å². The van der Waals surface area contributed by atoms with Crippen LogP contribution in [0.15, 0.2) is 0 Å². The molecule has 0 radical (unpaired) electrons. The molecule has 110 valence electrons. The molecule has 4 atom stereocenters. The lowest BCUT2D eigenvalue weighted by Gasteiger charge is -2.26. The molecule has 1 saturated heterocycles. The number of rotatable bonds is 6. The maximum absolute atomic E-state index is 11.4. The number of carboxylic acid groups (broad SMARTS) is 1. The van der Waals surface area contributed by atoms with Crippen molar-refractivity contribution >= 4 is 5.97 Å². The fourth-order valence-corrected chi connectivity index (χ4v) is 3.55. The van der Waals surface area contributed by atoms with Crippen molar-refractivity contribution in [2.75, 3.05) is 19.7 Å². The summed E-state index contributed by atoms with van der Waals surface area (Å²) in [6.45, 7) is 5.33. The van der Waals surface area contributed by atoms with E-state index in [1.54, 1.807) is 0 Å². The molecule has 1 aliphatic heterocycles. The van der Waals surface area contributed by atoms with Gasteiger partial charge in [-0.05, 0) is 38.5 Å². The number of likely N-dealkylation sites (tertiary alicyclic amines) is 1. The molecule has 1 saturated carbocycles. The van der Waals surface area contributed by atoms with Crippen LogP contribution in [-0.4, -0.2) is 59.0 Å². The van der Waals surface area contributed by atoms with Gasteiger partial charge in [0, 0.05) is 13.1 Å². The van der Waals surface area contributed by atoms with Gasteiger partial charge in [-0.2, -0.15) is 0 Å². The molecule has 5 nitrogen and oxygen atoms in total. The van der Waals surface area contributed by atoms with E-state index in [4.69, 9.17) is 4.74 Å². The van der Waals surface area contributed by atoms with Crippen LogP contribution in [0.1, 0.15) is 33.1 Å². The minimum absolute atomic E-state index is 0.0860. The number of carbonyl (C=O) groups is 1. The van der Waals surface area contributed by atoms with Crippen LogP contribution in [0.4, 0.5) is 0 Å². The molecule has 19 heavy (non-hydrogen) atoms. The number of aliphatic hydroxyl groups is 1. The van der Waals surface area contributed by atoms with Crippen LogP contribution in [0.2, 0.25) is 0 Å². The Hall–Kier alpha value is -0.650. The number of hydrogen-bond donors (Lipinski definition) is 2. The topological polar surface area (TPSA) is 70.0 Å². The number of aliphatic hydroxyl groups excluding tert-OH is 1. The van der Waals surface area contributed by atoms with Gasteiger partial charge in [0.1, 0.15) is 6.04 Å². The van der Waals surface area contributed by atoms with Gasteiger partial charge in [-0.25, -0.2) is 0 Å². The van der Waals surface area contributed by atoms with E-state index in [1.165, 1.54) is 0 Å². The van der Waals surface area contributed by atoms with Crippen molar-refractivity contribution in [2.24, 2.45) is 11.8 Å². The summed E-state index contributed by atoms with van der Waals surface area (Å²) in [5.41, 5.74) is 0. The molecule has 1 heterocycles. The fourth-order valence-electron chi connectivity index (χ4n) is 3.55. The maximum atomic E-state index is 11.4. The third kappa shape index (κ3) is 3.46. The largest absolute Gasteiger partial charge is 0.480 e. The number of ether oxygens (including phenoxy) is 1. The first-order valence-electron chi connectivity index (χ1n) is 7.25. The molecule has 2 N–H and O–H groups in total. The molecule has 0 aromatic heterocycles. The molecular weight excluding hydrogens is 246 g/mol. The van der Waals surface area contributed by atoms with Crippen molar-refractivity contribution in [1.82, 2.24) is 4.90 Å². The molecule has 0 amide bonds. The molecule has 2 rings (SSSR count). The highest BCUT2D eigenvalue weighted by Crippen LogP contribution is 2.42. The second kappa shape index (κ2) is 6.20. The second-order valence-electron chi connectivity index (χ2n) is 6.13. The normalized spacial score (nSPS) is 32.7. The van der Waals surface area contributed by atoms with E-state index >= 15 is 0 Å². The van der Waals surface area contributed by atoms with Crippen molar-refractivity contribution in [1.29, 1.82) is 0 Å². The Labute approximate surface area is 114 Å². The number of fused-ring (bicyclic) bond motifs is 1. The number of aliphatic carboxylic acids is 1. The molecule has 4 unspecified atom stereocenters. The van der Waals surface area contributed by atoms with E-state index < -0.39 is 18.1 Å². The van der Waals surface area contributed by atoms with E-state index in [-0.39, 0.29) is 18.6 Å². The van der Waals surface area contributed by atoms with E-state index in [0.717, 1.165) is 25.8 Å². The molecule has 2 aliphatic rings. The van der Waals surface area contributed by atoms with E-state index in [2.05, 4.69) is 0 Å². The minimum atomic E-state index is -0.744. The Bertz CT molecular complexity index is 321. The smallest absolute Gasteiger partial charge is 0.321 e. The van der Waals surface area contributed by atoms with E-state index in [0.29, 0.717) is 12.5 Å². The average Bonchev–Trinajstić information content (AvgIpc) is 2.85. The predicted molar refractivity (Wildman–Crippen MR) is 70.9 cm³/mol. The summed E-state index contributed by atoms with van der Waals surface area (Å²) in [4.78, 5) is 13.4. The van der Waals surface area contributed by atoms with Crippen LogP contribution in [0.5, 0.6) is 0 Å². The van der Waals surface area contributed by atoms with Crippen LogP contribution in [-0.2, 0) is 9.53 Å². The van der Waals surface area contributed by atoms with Crippen LogP contribution in [0.25, 0.3) is 0 Å². The van der Waals surface area contributed by atoms with E-state index in [1.807, 2.05) is 18.7 Å². The highest BCUT2D eigenvalue weighted by Gasteiger charge is 2.47. The molecule has 0 aromatic rings. The Balaban J connectivity index is 1.90. The predicted octanol–water partition coefficient (Wildman–Crippen LogP) is 0.957. The SMILES string of the molecule is CC(C)OCC(O)CN1CC2CCCC2C1C(=O)O. The zero-order valence-corrected chi connectivity index (χ0v) is 11.8. The third-order valence-electron chi connectivity index (χ3n) is 4.31. The highest BCUT2D eigenvalue weighted by atomic mass is 16.5. The van der Waals surface area contributed by atoms with Crippen LogP contribution < -0.4 is 0 Å². The van der Waals surface area contributed by atoms with Crippen LogP contribution in [0.3, 0.4) is 0 Å². The summed E-state index contributed by atoms with van der Waals surface area (Å²) in [6.07, 6.45) is 2.76.